The highest BCUT2D eigenvalue weighted by atomic mass is 32.1. The van der Waals surface area contributed by atoms with Gasteiger partial charge >= 0.3 is 0 Å². The van der Waals surface area contributed by atoms with E-state index in [2.05, 4.69) is 51.8 Å². The van der Waals surface area contributed by atoms with Crippen LogP contribution < -0.4 is 0 Å². The van der Waals surface area contributed by atoms with Crippen LogP contribution >= 0.6 is 11.3 Å². The molecule has 0 saturated carbocycles. The Bertz CT molecular complexity index is 881. The minimum Gasteiger partial charge on any atom is -0.441 e. The Morgan fingerprint density at radius 3 is 2.56 bits per heavy atom. The van der Waals surface area contributed by atoms with Gasteiger partial charge in [-0.05, 0) is 53.8 Å². The van der Waals surface area contributed by atoms with Gasteiger partial charge in [0.25, 0.3) is 0 Å². The lowest BCUT2D eigenvalue weighted by Crippen LogP contribution is -2.23. The minimum atomic E-state index is 0.239. The highest BCUT2D eigenvalue weighted by Crippen LogP contribution is 2.28. The largest absolute Gasteiger partial charge is 0.441 e. The third kappa shape index (κ3) is 3.83. The summed E-state index contributed by atoms with van der Waals surface area (Å²) in [5.41, 5.74) is 4.37. The molecule has 0 bridgehead atoms. The maximum absolute atomic E-state index is 5.92. The highest BCUT2D eigenvalue weighted by Gasteiger charge is 2.20. The molecular formula is C20H25N3OS. The van der Waals surface area contributed by atoms with E-state index >= 15 is 0 Å². The molecule has 25 heavy (non-hydrogen) atoms. The van der Waals surface area contributed by atoms with E-state index < -0.39 is 0 Å². The monoisotopic (exact) mass is 355 g/mol. The molecule has 0 radical (unpaired) electrons. The molecule has 0 fully saturated rings. The summed E-state index contributed by atoms with van der Waals surface area (Å²) in [5.74, 6) is 1.57. The Kier molecular flexibility index (Phi) is 5.06. The fourth-order valence-corrected chi connectivity index (χ4v) is 3.90. The molecule has 3 rings (SSSR count). The number of rotatable bonds is 5. The van der Waals surface area contributed by atoms with Crippen LogP contribution in [0.1, 0.15) is 45.6 Å². The summed E-state index contributed by atoms with van der Waals surface area (Å²) in [6, 6.07) is 8.49. The Hall–Kier alpha value is -1.98. The first-order valence-electron chi connectivity index (χ1n) is 8.52. The topological polar surface area (TPSA) is 42.2 Å². The number of oxazole rings is 1. The quantitative estimate of drug-likeness (QED) is 0.629. The van der Waals surface area contributed by atoms with Crippen LogP contribution in [0.2, 0.25) is 0 Å². The summed E-state index contributed by atoms with van der Waals surface area (Å²) < 4.78 is 5.92. The van der Waals surface area contributed by atoms with Gasteiger partial charge in [0.05, 0.1) is 22.4 Å². The van der Waals surface area contributed by atoms with Crippen LogP contribution in [0, 0.1) is 27.7 Å². The summed E-state index contributed by atoms with van der Waals surface area (Å²) in [7, 11) is 2.11. The second kappa shape index (κ2) is 7.10. The first-order chi connectivity index (χ1) is 11.8. The van der Waals surface area contributed by atoms with Crippen LogP contribution in [0.15, 0.2) is 28.7 Å². The van der Waals surface area contributed by atoms with Gasteiger partial charge in [0, 0.05) is 17.0 Å². The second-order valence-corrected chi connectivity index (χ2v) is 8.06. The third-order valence-corrected chi connectivity index (χ3v) is 5.46. The summed E-state index contributed by atoms with van der Waals surface area (Å²) in [6.07, 6.45) is 0. The summed E-state index contributed by atoms with van der Waals surface area (Å²) >= 11 is 1.76. The Morgan fingerprint density at radius 1 is 1.16 bits per heavy atom. The molecular weight excluding hydrogens is 330 g/mol. The number of benzene rings is 1. The molecule has 0 aliphatic rings. The third-order valence-electron chi connectivity index (χ3n) is 4.55. The fraction of sp³-hybridized carbons (Fsp3) is 0.400. The van der Waals surface area contributed by atoms with Crippen molar-refractivity contribution < 1.29 is 4.42 Å². The molecule has 0 aliphatic heterocycles. The van der Waals surface area contributed by atoms with Gasteiger partial charge in [-0.25, -0.2) is 9.97 Å². The maximum atomic E-state index is 5.92. The van der Waals surface area contributed by atoms with Gasteiger partial charge in [-0.3, -0.25) is 4.90 Å². The highest BCUT2D eigenvalue weighted by molar-refractivity contribution is 7.11. The van der Waals surface area contributed by atoms with Crippen molar-refractivity contribution in [3.8, 4) is 11.5 Å². The summed E-state index contributed by atoms with van der Waals surface area (Å²) in [6.45, 7) is 11.2. The van der Waals surface area contributed by atoms with E-state index in [0.717, 1.165) is 34.3 Å². The van der Waals surface area contributed by atoms with Crippen molar-refractivity contribution in [2.24, 2.45) is 0 Å². The van der Waals surface area contributed by atoms with Gasteiger partial charge in [-0.1, -0.05) is 17.7 Å². The van der Waals surface area contributed by atoms with Gasteiger partial charge in [0.2, 0.25) is 5.89 Å². The van der Waals surface area contributed by atoms with Crippen molar-refractivity contribution in [1.29, 1.82) is 0 Å². The van der Waals surface area contributed by atoms with Crippen molar-refractivity contribution in [2.75, 3.05) is 7.05 Å². The molecule has 0 aliphatic carbocycles. The summed E-state index contributed by atoms with van der Waals surface area (Å²) in [5, 5.41) is 1.12. The van der Waals surface area contributed by atoms with Crippen molar-refractivity contribution in [1.82, 2.24) is 14.9 Å². The van der Waals surface area contributed by atoms with E-state index in [4.69, 9.17) is 14.4 Å². The molecule has 0 spiro atoms. The van der Waals surface area contributed by atoms with Gasteiger partial charge in [-0.2, -0.15) is 0 Å². The van der Waals surface area contributed by atoms with Crippen LogP contribution in [0.25, 0.3) is 11.5 Å². The first-order valence-corrected chi connectivity index (χ1v) is 9.34. The molecule has 0 amide bonds. The summed E-state index contributed by atoms with van der Waals surface area (Å²) in [4.78, 5) is 13.0. The van der Waals surface area contributed by atoms with E-state index in [9.17, 15) is 0 Å². The average Bonchev–Trinajstić information content (AvgIpc) is 3.09. The molecule has 2 aromatic heterocycles. The fourth-order valence-electron chi connectivity index (χ4n) is 2.99. The van der Waals surface area contributed by atoms with E-state index in [1.54, 1.807) is 11.3 Å². The molecule has 0 N–H and O–H groups in total. The van der Waals surface area contributed by atoms with Gasteiger partial charge in [0.1, 0.15) is 5.76 Å². The van der Waals surface area contributed by atoms with E-state index in [1.807, 2.05) is 19.1 Å². The van der Waals surface area contributed by atoms with Crippen LogP contribution in [0.3, 0.4) is 0 Å². The zero-order valence-corrected chi connectivity index (χ0v) is 16.6. The van der Waals surface area contributed by atoms with Crippen molar-refractivity contribution in [3.05, 3.63) is 56.9 Å². The molecule has 2 heterocycles. The lowest BCUT2D eigenvalue weighted by Gasteiger charge is -2.23. The molecule has 4 nitrogen and oxygen atoms in total. The molecule has 5 heteroatoms. The number of hydrogen-bond donors (Lipinski definition) is 0. The Labute approximate surface area is 153 Å². The van der Waals surface area contributed by atoms with Gasteiger partial charge < -0.3 is 4.42 Å². The van der Waals surface area contributed by atoms with E-state index in [-0.39, 0.29) is 6.04 Å². The smallest absolute Gasteiger partial charge is 0.226 e. The Morgan fingerprint density at radius 2 is 1.92 bits per heavy atom. The number of aromatic nitrogens is 2. The minimum absolute atomic E-state index is 0.239. The number of aryl methyl sites for hydroxylation is 4. The number of thiazole rings is 1. The standard InChI is InChI=1S/C20H25N3OS/c1-12-8-7-9-17(10-12)20-22-18(14(3)24-20)11-23(6)13(2)19-15(4)25-16(5)21-19/h7-10,13H,11H2,1-6H3. The predicted molar refractivity (Wildman–Crippen MR) is 103 cm³/mol. The molecule has 132 valence electrons. The van der Waals surface area contributed by atoms with Crippen LogP contribution in [0.4, 0.5) is 0 Å². The van der Waals surface area contributed by atoms with Crippen LogP contribution in [0.5, 0.6) is 0 Å². The zero-order valence-electron chi connectivity index (χ0n) is 15.8. The average molecular weight is 356 g/mol. The predicted octanol–water partition coefficient (Wildman–Crippen LogP) is 5.22. The molecule has 1 unspecified atom stereocenters. The molecule has 0 saturated heterocycles. The van der Waals surface area contributed by atoms with Gasteiger partial charge in [0.15, 0.2) is 0 Å². The van der Waals surface area contributed by atoms with E-state index in [0.29, 0.717) is 5.89 Å². The zero-order chi connectivity index (χ0) is 18.1. The lowest BCUT2D eigenvalue weighted by molar-refractivity contribution is 0.245. The molecule has 3 aromatic rings. The maximum Gasteiger partial charge on any atom is 0.226 e. The SMILES string of the molecule is Cc1cccc(-c2nc(CN(C)C(C)c3nc(C)sc3C)c(C)o2)c1. The number of nitrogens with zero attached hydrogens (tertiary/aromatic N) is 3. The van der Waals surface area contributed by atoms with E-state index in [1.165, 1.54) is 10.4 Å². The Balaban J connectivity index is 1.80. The lowest BCUT2D eigenvalue weighted by atomic mass is 10.1. The second-order valence-electron chi connectivity index (χ2n) is 6.66. The van der Waals surface area contributed by atoms with Crippen LogP contribution in [-0.2, 0) is 6.54 Å². The van der Waals surface area contributed by atoms with Crippen molar-refractivity contribution in [3.63, 3.8) is 0 Å². The molecule has 1 aromatic carbocycles. The normalized spacial score (nSPS) is 12.8. The van der Waals surface area contributed by atoms with Gasteiger partial charge in [-0.15, -0.1) is 11.3 Å². The van der Waals surface area contributed by atoms with Crippen LogP contribution in [-0.4, -0.2) is 21.9 Å². The first kappa shape index (κ1) is 17.8. The van der Waals surface area contributed by atoms with Crippen molar-refractivity contribution >= 4 is 11.3 Å². The number of hydrogen-bond acceptors (Lipinski definition) is 5. The van der Waals surface area contributed by atoms with Crippen molar-refractivity contribution in [2.45, 2.75) is 47.2 Å². The molecule has 1 atom stereocenters.